The van der Waals surface area contributed by atoms with Gasteiger partial charge in [-0.05, 0) is 35.4 Å². The molecule has 0 fully saturated rings. The Kier molecular flexibility index (Phi) is 6.22. The quantitative estimate of drug-likeness (QED) is 0.322. The van der Waals surface area contributed by atoms with Gasteiger partial charge in [0.25, 0.3) is 11.8 Å². The molecule has 33 heavy (non-hydrogen) atoms. The van der Waals surface area contributed by atoms with Gasteiger partial charge < -0.3 is 9.74 Å². The monoisotopic (exact) mass is 450 g/mol. The van der Waals surface area contributed by atoms with E-state index in [4.69, 9.17) is 10.0 Å². The molecule has 0 saturated carbocycles. The average molecular weight is 450 g/mol. The molecule has 168 valence electrons. The van der Waals surface area contributed by atoms with E-state index < -0.39 is 17.6 Å². The minimum absolute atomic E-state index is 0.0324. The molecule has 0 bridgehead atoms. The van der Waals surface area contributed by atoms with Crippen LogP contribution in [0.1, 0.15) is 22.4 Å². The zero-order valence-corrected chi connectivity index (χ0v) is 17.5. The van der Waals surface area contributed by atoms with Gasteiger partial charge in [-0.25, -0.2) is 14.6 Å². The molecule has 0 unspecified atom stereocenters. The standard InChI is InChI=1S/C22H19FN6O4/c1-33-26-21-18-10-16(23)7-8-19(18)29(22(21)31)13-17-12-28(27-24-17)11-15-4-2-14(3-5-15)6-9-20(30)25-32/h2-10,12,32H,11,13H2,1H3,(H,25,30)/b9-6+,26-21?. The maximum atomic E-state index is 13.7. The SMILES string of the molecule is CON=C1C(=O)N(Cc2cn(Cc3ccc(/C=C/C(=O)NO)cc3)nn2)c2ccc(F)cc21. The van der Waals surface area contributed by atoms with Crippen molar-refractivity contribution in [2.75, 3.05) is 12.0 Å². The highest BCUT2D eigenvalue weighted by Crippen LogP contribution is 2.31. The molecule has 2 aromatic carbocycles. The van der Waals surface area contributed by atoms with Crippen molar-refractivity contribution in [2.24, 2.45) is 5.16 Å². The molecule has 2 N–H and O–H groups in total. The largest absolute Gasteiger partial charge is 0.398 e. The molecule has 0 radical (unpaired) electrons. The van der Waals surface area contributed by atoms with Gasteiger partial charge in [0.15, 0.2) is 5.71 Å². The molecule has 2 amide bonds. The predicted molar refractivity (Wildman–Crippen MR) is 116 cm³/mol. The van der Waals surface area contributed by atoms with Gasteiger partial charge in [-0.1, -0.05) is 34.6 Å². The summed E-state index contributed by atoms with van der Waals surface area (Å²) in [6, 6.07) is 11.4. The van der Waals surface area contributed by atoms with Gasteiger partial charge in [-0.3, -0.25) is 14.8 Å². The Hall–Kier alpha value is -4.38. The molecule has 3 aromatic rings. The fraction of sp³-hybridized carbons (Fsp3) is 0.136. The minimum Gasteiger partial charge on any atom is -0.398 e. The molecule has 0 saturated heterocycles. The third kappa shape index (κ3) is 4.77. The lowest BCUT2D eigenvalue weighted by Crippen LogP contribution is -2.29. The summed E-state index contributed by atoms with van der Waals surface area (Å²) in [5, 5.41) is 20.5. The number of benzene rings is 2. The van der Waals surface area contributed by atoms with Crippen LogP contribution in [0.2, 0.25) is 0 Å². The van der Waals surface area contributed by atoms with Gasteiger partial charge >= 0.3 is 0 Å². The summed E-state index contributed by atoms with van der Waals surface area (Å²) < 4.78 is 15.3. The summed E-state index contributed by atoms with van der Waals surface area (Å²) in [6.07, 6.45) is 4.51. The summed E-state index contributed by atoms with van der Waals surface area (Å²) in [5.41, 5.74) is 4.73. The van der Waals surface area contributed by atoms with Crippen molar-refractivity contribution in [3.05, 3.63) is 82.9 Å². The van der Waals surface area contributed by atoms with Crippen molar-refractivity contribution in [2.45, 2.75) is 13.1 Å². The number of hydroxylamine groups is 1. The third-order valence-electron chi connectivity index (χ3n) is 4.90. The number of amides is 2. The van der Waals surface area contributed by atoms with E-state index >= 15 is 0 Å². The molecule has 0 aliphatic carbocycles. The van der Waals surface area contributed by atoms with Gasteiger partial charge in [0.05, 0.1) is 25.0 Å². The molecule has 2 heterocycles. The van der Waals surface area contributed by atoms with E-state index in [0.717, 1.165) is 11.1 Å². The molecule has 1 aliphatic heterocycles. The number of anilines is 1. The third-order valence-corrected chi connectivity index (χ3v) is 4.90. The molecule has 4 rings (SSSR count). The van der Waals surface area contributed by atoms with Crippen LogP contribution in [0.25, 0.3) is 6.08 Å². The second-order valence-corrected chi connectivity index (χ2v) is 7.13. The van der Waals surface area contributed by atoms with E-state index in [-0.39, 0.29) is 12.3 Å². The van der Waals surface area contributed by atoms with Crippen LogP contribution in [0.5, 0.6) is 0 Å². The number of aromatic nitrogens is 3. The van der Waals surface area contributed by atoms with Crippen LogP contribution in [0.3, 0.4) is 0 Å². The number of nitrogens with one attached hydrogen (secondary N) is 1. The van der Waals surface area contributed by atoms with Crippen molar-refractivity contribution in [1.29, 1.82) is 0 Å². The molecule has 10 nitrogen and oxygen atoms in total. The normalized spacial score (nSPS) is 14.2. The maximum Gasteiger partial charge on any atom is 0.281 e. The van der Waals surface area contributed by atoms with Gasteiger partial charge in [0.2, 0.25) is 0 Å². The topological polar surface area (TPSA) is 122 Å². The number of nitrogens with zero attached hydrogens (tertiary/aromatic N) is 5. The fourth-order valence-electron chi connectivity index (χ4n) is 3.40. The number of halogens is 1. The summed E-state index contributed by atoms with van der Waals surface area (Å²) in [6.45, 7) is 0.580. The van der Waals surface area contributed by atoms with Crippen molar-refractivity contribution in [3.8, 4) is 0 Å². The Morgan fingerprint density at radius 1 is 1.24 bits per heavy atom. The lowest BCUT2D eigenvalue weighted by molar-refractivity contribution is -0.124. The van der Waals surface area contributed by atoms with Crippen molar-refractivity contribution >= 4 is 29.3 Å². The lowest BCUT2D eigenvalue weighted by atomic mass is 10.1. The van der Waals surface area contributed by atoms with Crippen LogP contribution in [-0.4, -0.2) is 44.8 Å². The van der Waals surface area contributed by atoms with Gasteiger partial charge in [-0.15, -0.1) is 5.10 Å². The van der Waals surface area contributed by atoms with E-state index in [1.165, 1.54) is 41.8 Å². The van der Waals surface area contributed by atoms with E-state index in [0.29, 0.717) is 23.5 Å². The summed E-state index contributed by atoms with van der Waals surface area (Å²) >= 11 is 0. The number of rotatable bonds is 7. The summed E-state index contributed by atoms with van der Waals surface area (Å²) in [7, 11) is 1.32. The maximum absolute atomic E-state index is 13.7. The van der Waals surface area contributed by atoms with E-state index in [1.807, 2.05) is 24.3 Å². The predicted octanol–water partition coefficient (Wildman–Crippen LogP) is 1.88. The fourth-order valence-corrected chi connectivity index (χ4v) is 3.40. The highest BCUT2D eigenvalue weighted by atomic mass is 19.1. The van der Waals surface area contributed by atoms with Crippen LogP contribution in [0.4, 0.5) is 10.1 Å². The number of hydrogen-bond acceptors (Lipinski definition) is 7. The molecule has 1 aliphatic rings. The second kappa shape index (κ2) is 9.40. The molecule has 11 heteroatoms. The molecular weight excluding hydrogens is 431 g/mol. The molecule has 1 aromatic heterocycles. The first-order valence-corrected chi connectivity index (χ1v) is 9.81. The van der Waals surface area contributed by atoms with Crippen molar-refractivity contribution in [1.82, 2.24) is 20.5 Å². The van der Waals surface area contributed by atoms with Crippen molar-refractivity contribution in [3.63, 3.8) is 0 Å². The Balaban J connectivity index is 1.46. The highest BCUT2D eigenvalue weighted by Gasteiger charge is 2.35. The van der Waals surface area contributed by atoms with E-state index in [1.54, 1.807) is 17.0 Å². The molecule has 0 spiro atoms. The average Bonchev–Trinajstić information content (AvgIpc) is 3.36. The van der Waals surface area contributed by atoms with Gasteiger partial charge in [0.1, 0.15) is 18.6 Å². The van der Waals surface area contributed by atoms with Crippen LogP contribution in [0.15, 0.2) is 59.9 Å². The number of carbonyl (C=O) groups excluding carboxylic acids is 2. The first kappa shape index (κ1) is 21.8. The summed E-state index contributed by atoms with van der Waals surface area (Å²) in [4.78, 5) is 30.1. The smallest absolute Gasteiger partial charge is 0.281 e. The number of carbonyl (C=O) groups is 2. The van der Waals surface area contributed by atoms with Crippen LogP contribution in [-0.2, 0) is 27.5 Å². The Labute approximate surface area is 187 Å². The first-order chi connectivity index (χ1) is 16.0. The zero-order valence-electron chi connectivity index (χ0n) is 17.5. The Morgan fingerprint density at radius 3 is 2.76 bits per heavy atom. The minimum atomic E-state index is -0.612. The number of fused-ring (bicyclic) bond motifs is 1. The zero-order chi connectivity index (χ0) is 23.4. The van der Waals surface area contributed by atoms with Crippen LogP contribution < -0.4 is 10.4 Å². The molecular formula is C22H19FN6O4. The molecule has 0 atom stereocenters. The lowest BCUT2D eigenvalue weighted by Gasteiger charge is -2.14. The van der Waals surface area contributed by atoms with E-state index in [2.05, 4.69) is 15.5 Å². The highest BCUT2D eigenvalue weighted by molar-refractivity contribution is 6.54. The second-order valence-electron chi connectivity index (χ2n) is 7.13. The summed E-state index contributed by atoms with van der Waals surface area (Å²) in [5.74, 6) is -1.50. The van der Waals surface area contributed by atoms with Gasteiger partial charge in [-0.2, -0.15) is 0 Å². The first-order valence-electron chi connectivity index (χ1n) is 9.81. The van der Waals surface area contributed by atoms with E-state index in [9.17, 15) is 14.0 Å². The van der Waals surface area contributed by atoms with Crippen molar-refractivity contribution < 1.29 is 24.0 Å². The van der Waals surface area contributed by atoms with Crippen LogP contribution in [0, 0.1) is 5.82 Å². The number of oxime groups is 1. The van der Waals surface area contributed by atoms with Gasteiger partial charge in [0, 0.05) is 11.6 Å². The Bertz CT molecular complexity index is 1250. The van der Waals surface area contributed by atoms with Crippen LogP contribution >= 0.6 is 0 Å². The Morgan fingerprint density at radius 2 is 2.03 bits per heavy atom. The number of hydrogen-bond donors (Lipinski definition) is 2.